The predicted molar refractivity (Wildman–Crippen MR) is 121 cm³/mol. The number of aromatic nitrogens is 3. The molecule has 4 rings (SSSR count). The molecule has 30 heavy (non-hydrogen) atoms. The molecule has 1 aliphatic heterocycles. The van der Waals surface area contributed by atoms with Crippen molar-refractivity contribution in [2.75, 3.05) is 30.8 Å². The number of aliphatic hydroxyl groups is 2. The highest BCUT2D eigenvalue weighted by Crippen LogP contribution is 2.47. The Morgan fingerprint density at radius 2 is 1.83 bits per heavy atom. The summed E-state index contributed by atoms with van der Waals surface area (Å²) in [6, 6.07) is 1.81. The maximum Gasteiger partial charge on any atom is 0.153 e. The summed E-state index contributed by atoms with van der Waals surface area (Å²) in [6.07, 6.45) is 9.51. The van der Waals surface area contributed by atoms with Crippen LogP contribution in [0.5, 0.6) is 0 Å². The molecule has 1 aliphatic carbocycles. The van der Waals surface area contributed by atoms with Gasteiger partial charge in [-0.05, 0) is 44.1 Å². The molecule has 0 radical (unpaired) electrons. The molecule has 2 aromatic heterocycles. The number of anilines is 2. The molecule has 2 aliphatic rings. The lowest BCUT2D eigenvalue weighted by Gasteiger charge is -2.40. The van der Waals surface area contributed by atoms with E-state index in [4.69, 9.17) is 32.4 Å². The van der Waals surface area contributed by atoms with Crippen LogP contribution in [-0.4, -0.2) is 45.4 Å². The van der Waals surface area contributed by atoms with Crippen molar-refractivity contribution in [1.29, 1.82) is 0 Å². The van der Waals surface area contributed by atoms with E-state index in [0.29, 0.717) is 21.9 Å². The van der Waals surface area contributed by atoms with Crippen molar-refractivity contribution in [2.24, 2.45) is 5.41 Å². The lowest BCUT2D eigenvalue weighted by Crippen LogP contribution is -2.40. The van der Waals surface area contributed by atoms with Gasteiger partial charge in [0.2, 0.25) is 0 Å². The standard InChI is InChI=1S/C20H26ClN5OS.CH4O/c1-13-19(28-15-4-9-23-17(22)16(15)21)25-14(12-27)18(24-13)26-10-7-20(8-11-26)5-2-3-6-20;1-2/h4,9,27H,2-3,5-8,10-12H2,1H3,(H2,22,23);2H,1H3. The van der Waals surface area contributed by atoms with Gasteiger partial charge in [-0.2, -0.15) is 0 Å². The Morgan fingerprint density at radius 1 is 1.17 bits per heavy atom. The predicted octanol–water partition coefficient (Wildman–Crippen LogP) is 3.83. The number of nitrogens with two attached hydrogens (primary N) is 1. The van der Waals surface area contributed by atoms with Crippen LogP contribution in [0.3, 0.4) is 0 Å². The van der Waals surface area contributed by atoms with E-state index in [-0.39, 0.29) is 6.61 Å². The Morgan fingerprint density at radius 3 is 2.47 bits per heavy atom. The molecule has 1 spiro atoms. The zero-order chi connectivity index (χ0) is 21.7. The lowest BCUT2D eigenvalue weighted by molar-refractivity contribution is 0.224. The highest BCUT2D eigenvalue weighted by molar-refractivity contribution is 7.99. The molecule has 1 saturated heterocycles. The first kappa shape index (κ1) is 23.1. The molecule has 0 unspecified atom stereocenters. The molecule has 3 heterocycles. The summed E-state index contributed by atoms with van der Waals surface area (Å²) in [5, 5.41) is 18.1. The van der Waals surface area contributed by atoms with Crippen LogP contribution in [0.2, 0.25) is 5.02 Å². The van der Waals surface area contributed by atoms with Crippen molar-refractivity contribution in [2.45, 2.75) is 62.0 Å². The highest BCUT2D eigenvalue weighted by Gasteiger charge is 2.37. The number of hydrogen-bond donors (Lipinski definition) is 3. The number of rotatable bonds is 4. The first-order valence-corrected chi connectivity index (χ1v) is 11.5. The Bertz CT molecular complexity index is 867. The minimum absolute atomic E-state index is 0.135. The van der Waals surface area contributed by atoms with Gasteiger partial charge in [-0.1, -0.05) is 36.2 Å². The Kier molecular flexibility index (Phi) is 7.79. The summed E-state index contributed by atoms with van der Waals surface area (Å²) < 4.78 is 0. The van der Waals surface area contributed by atoms with Crippen LogP contribution in [0.15, 0.2) is 22.2 Å². The van der Waals surface area contributed by atoms with Crippen molar-refractivity contribution < 1.29 is 10.2 Å². The number of aliphatic hydroxyl groups excluding tert-OH is 2. The van der Waals surface area contributed by atoms with Gasteiger partial charge in [0.15, 0.2) is 5.82 Å². The fraction of sp³-hybridized carbons (Fsp3) is 0.571. The van der Waals surface area contributed by atoms with E-state index < -0.39 is 0 Å². The van der Waals surface area contributed by atoms with E-state index in [2.05, 4.69) is 9.88 Å². The monoisotopic (exact) mass is 451 g/mol. The molecule has 1 saturated carbocycles. The normalized spacial score (nSPS) is 17.7. The van der Waals surface area contributed by atoms with Crippen molar-refractivity contribution in [3.63, 3.8) is 0 Å². The molecule has 0 aromatic carbocycles. The Labute approximate surface area is 187 Å². The largest absolute Gasteiger partial charge is 0.400 e. The fourth-order valence-corrected chi connectivity index (χ4v) is 5.53. The zero-order valence-electron chi connectivity index (χ0n) is 17.6. The number of aryl methyl sites for hydroxylation is 1. The quantitative estimate of drug-likeness (QED) is 0.643. The average Bonchev–Trinajstić information content (AvgIpc) is 3.22. The zero-order valence-corrected chi connectivity index (χ0v) is 19.1. The Hall–Kier alpha value is -1.61. The van der Waals surface area contributed by atoms with Crippen molar-refractivity contribution in [1.82, 2.24) is 15.0 Å². The number of halogens is 1. The van der Waals surface area contributed by atoms with E-state index in [0.717, 1.165) is 41.6 Å². The molecule has 0 atom stereocenters. The second-order valence-electron chi connectivity index (χ2n) is 7.85. The Balaban J connectivity index is 0.00000124. The lowest BCUT2D eigenvalue weighted by atomic mass is 9.77. The molecule has 2 aromatic rings. The maximum atomic E-state index is 9.94. The molecule has 0 bridgehead atoms. The second kappa shape index (κ2) is 10.1. The third-order valence-electron chi connectivity index (χ3n) is 6.10. The van der Waals surface area contributed by atoms with Crippen LogP contribution >= 0.6 is 23.4 Å². The average molecular weight is 452 g/mol. The van der Waals surface area contributed by atoms with Gasteiger partial charge in [-0.15, -0.1) is 0 Å². The summed E-state index contributed by atoms with van der Waals surface area (Å²) >= 11 is 7.67. The SMILES string of the molecule is CO.Cc1nc(N2CCC3(CCCC3)CC2)c(CO)nc1Sc1ccnc(N)c1Cl. The van der Waals surface area contributed by atoms with Crippen molar-refractivity contribution in [3.05, 3.63) is 28.7 Å². The molecular formula is C21H30ClN5O2S. The minimum atomic E-state index is -0.135. The number of pyridine rings is 1. The third kappa shape index (κ3) is 4.82. The summed E-state index contributed by atoms with van der Waals surface area (Å²) in [5.74, 6) is 1.11. The van der Waals surface area contributed by atoms with Crippen molar-refractivity contribution >= 4 is 35.0 Å². The molecule has 4 N–H and O–H groups in total. The van der Waals surface area contributed by atoms with Gasteiger partial charge in [0.05, 0.1) is 17.3 Å². The van der Waals surface area contributed by atoms with Gasteiger partial charge in [-0.25, -0.2) is 15.0 Å². The first-order chi connectivity index (χ1) is 14.5. The fourth-order valence-electron chi connectivity index (χ4n) is 4.42. The van der Waals surface area contributed by atoms with Gasteiger partial charge in [-0.3, -0.25) is 0 Å². The molecule has 0 amide bonds. The number of hydrogen-bond acceptors (Lipinski definition) is 8. The summed E-state index contributed by atoms with van der Waals surface area (Å²) in [7, 11) is 1.00. The molecule has 164 valence electrons. The van der Waals surface area contributed by atoms with E-state index in [1.807, 2.05) is 13.0 Å². The van der Waals surface area contributed by atoms with E-state index >= 15 is 0 Å². The molecule has 2 fully saturated rings. The number of nitrogen functional groups attached to an aromatic ring is 1. The number of nitrogens with zero attached hydrogens (tertiary/aromatic N) is 4. The summed E-state index contributed by atoms with van der Waals surface area (Å²) in [6.45, 7) is 3.78. The van der Waals surface area contributed by atoms with Crippen LogP contribution in [-0.2, 0) is 6.61 Å². The second-order valence-corrected chi connectivity index (χ2v) is 9.26. The van der Waals surface area contributed by atoms with Crippen LogP contribution in [0.4, 0.5) is 11.6 Å². The van der Waals surface area contributed by atoms with Crippen LogP contribution < -0.4 is 10.6 Å². The van der Waals surface area contributed by atoms with Gasteiger partial charge < -0.3 is 20.8 Å². The summed E-state index contributed by atoms with van der Waals surface area (Å²) in [5.41, 5.74) is 7.79. The van der Waals surface area contributed by atoms with Crippen molar-refractivity contribution in [3.8, 4) is 0 Å². The smallest absolute Gasteiger partial charge is 0.153 e. The summed E-state index contributed by atoms with van der Waals surface area (Å²) in [4.78, 5) is 16.6. The third-order valence-corrected chi connectivity index (χ3v) is 7.75. The van der Waals surface area contributed by atoms with Gasteiger partial charge in [0.1, 0.15) is 16.5 Å². The van der Waals surface area contributed by atoms with Crippen LogP contribution in [0, 0.1) is 12.3 Å². The van der Waals surface area contributed by atoms with Gasteiger partial charge in [0, 0.05) is 31.3 Å². The highest BCUT2D eigenvalue weighted by atomic mass is 35.5. The molecular weight excluding hydrogens is 422 g/mol. The molecule has 9 heteroatoms. The molecule has 7 nitrogen and oxygen atoms in total. The van der Waals surface area contributed by atoms with E-state index in [1.165, 1.54) is 50.3 Å². The maximum absolute atomic E-state index is 9.94. The van der Waals surface area contributed by atoms with E-state index in [1.54, 1.807) is 6.20 Å². The van der Waals surface area contributed by atoms with Gasteiger partial charge in [0.25, 0.3) is 0 Å². The van der Waals surface area contributed by atoms with Gasteiger partial charge >= 0.3 is 0 Å². The van der Waals surface area contributed by atoms with Crippen LogP contribution in [0.25, 0.3) is 0 Å². The topological polar surface area (TPSA) is 108 Å². The minimum Gasteiger partial charge on any atom is -0.400 e. The number of piperidine rings is 1. The van der Waals surface area contributed by atoms with Crippen LogP contribution in [0.1, 0.15) is 49.9 Å². The first-order valence-electron chi connectivity index (χ1n) is 10.3. The van der Waals surface area contributed by atoms with E-state index in [9.17, 15) is 5.11 Å².